The highest BCUT2D eigenvalue weighted by atomic mass is 79.9. The lowest BCUT2D eigenvalue weighted by molar-refractivity contribution is -0.123. The number of nitrogens with zero attached hydrogens (tertiary/aromatic N) is 2. The summed E-state index contributed by atoms with van der Waals surface area (Å²) in [6.07, 6.45) is 5.05. The fourth-order valence-corrected chi connectivity index (χ4v) is 4.94. The second kappa shape index (κ2) is 10.8. The lowest BCUT2D eigenvalue weighted by atomic mass is 10.1. The van der Waals surface area contributed by atoms with Crippen LogP contribution in [0.4, 0.5) is 4.79 Å². The predicted molar refractivity (Wildman–Crippen MR) is 137 cm³/mol. The van der Waals surface area contributed by atoms with Gasteiger partial charge in [0.05, 0.1) is 33.1 Å². The van der Waals surface area contributed by atoms with Gasteiger partial charge in [0.1, 0.15) is 6.61 Å². The maximum Gasteiger partial charge on any atom is 0.293 e. The number of methoxy groups -OCH3 is 1. The molecule has 1 aromatic heterocycles. The number of ether oxygens (including phenoxy) is 2. The quantitative estimate of drug-likeness (QED) is 0.281. The van der Waals surface area contributed by atoms with E-state index in [-0.39, 0.29) is 17.7 Å². The molecule has 3 aromatic rings. The zero-order valence-electron chi connectivity index (χ0n) is 17.8. The summed E-state index contributed by atoms with van der Waals surface area (Å²) in [5, 5.41) is 0.419. The molecule has 0 radical (unpaired) electrons. The van der Waals surface area contributed by atoms with E-state index >= 15 is 0 Å². The number of carbonyl (C=O) groups excluding carboxylic acids is 2. The average Bonchev–Trinajstić information content (AvgIpc) is 3.08. The van der Waals surface area contributed by atoms with E-state index in [0.717, 1.165) is 17.3 Å². The van der Waals surface area contributed by atoms with Crippen LogP contribution in [0.1, 0.15) is 16.7 Å². The van der Waals surface area contributed by atoms with Gasteiger partial charge in [0.15, 0.2) is 11.5 Å². The molecule has 1 aliphatic rings. The minimum Gasteiger partial charge on any atom is -0.493 e. The smallest absolute Gasteiger partial charge is 0.293 e. The molecular formula is C24H17BrCl2N2O4S. The molecule has 0 atom stereocenters. The third-order valence-corrected chi connectivity index (χ3v) is 7.12. The monoisotopic (exact) mass is 578 g/mol. The molecule has 1 fully saturated rings. The summed E-state index contributed by atoms with van der Waals surface area (Å²) >= 11 is 16.4. The van der Waals surface area contributed by atoms with Crippen LogP contribution in [0.15, 0.2) is 64.2 Å². The van der Waals surface area contributed by atoms with Crippen LogP contribution in [0.3, 0.4) is 0 Å². The van der Waals surface area contributed by atoms with E-state index in [1.807, 2.05) is 12.1 Å². The molecule has 0 saturated carbocycles. The summed E-state index contributed by atoms with van der Waals surface area (Å²) in [7, 11) is 1.54. The van der Waals surface area contributed by atoms with Crippen molar-refractivity contribution in [2.45, 2.75) is 13.2 Å². The Morgan fingerprint density at radius 2 is 1.82 bits per heavy atom. The minimum atomic E-state index is -0.380. The highest BCUT2D eigenvalue weighted by Gasteiger charge is 2.35. The van der Waals surface area contributed by atoms with Gasteiger partial charge in [0.25, 0.3) is 11.1 Å². The molecule has 0 spiro atoms. The number of aromatic nitrogens is 1. The van der Waals surface area contributed by atoms with Crippen LogP contribution in [0.25, 0.3) is 6.08 Å². The molecule has 0 unspecified atom stereocenters. The van der Waals surface area contributed by atoms with Crippen LogP contribution in [-0.4, -0.2) is 28.1 Å². The van der Waals surface area contributed by atoms with Crippen molar-refractivity contribution >= 4 is 68.1 Å². The molecule has 2 heterocycles. The molecule has 34 heavy (non-hydrogen) atoms. The Balaban J connectivity index is 1.53. The van der Waals surface area contributed by atoms with Gasteiger partial charge in [0.2, 0.25) is 0 Å². The molecule has 10 heteroatoms. The zero-order valence-corrected chi connectivity index (χ0v) is 21.7. The predicted octanol–water partition coefficient (Wildman–Crippen LogP) is 6.98. The standard InChI is InChI=1S/C24H17BrCl2N2O4S/c1-32-20-10-16(8-17(25)22(20)33-13-14-4-6-28-7-5-14)11-21-23(30)29(24(31)34-21)12-15-2-3-18(26)19(27)9-15/h2-11H,12-13H2,1H3/b21-11-. The molecular weight excluding hydrogens is 563 g/mol. The summed E-state index contributed by atoms with van der Waals surface area (Å²) < 4.78 is 12.1. The number of imide groups is 1. The number of halogens is 3. The maximum absolute atomic E-state index is 12.9. The first-order valence-corrected chi connectivity index (χ1v) is 12.3. The number of hydrogen-bond donors (Lipinski definition) is 0. The van der Waals surface area contributed by atoms with E-state index in [1.165, 1.54) is 12.0 Å². The van der Waals surface area contributed by atoms with Gasteiger partial charge in [-0.25, -0.2) is 0 Å². The fraction of sp³-hybridized carbons (Fsp3) is 0.125. The minimum absolute atomic E-state index is 0.105. The number of amides is 2. The number of benzene rings is 2. The molecule has 2 amide bonds. The summed E-state index contributed by atoms with van der Waals surface area (Å²) in [5.74, 6) is 0.642. The number of pyridine rings is 1. The first-order chi connectivity index (χ1) is 16.4. The van der Waals surface area contributed by atoms with E-state index < -0.39 is 0 Å². The summed E-state index contributed by atoms with van der Waals surface area (Å²) in [6, 6.07) is 12.3. The maximum atomic E-state index is 12.9. The van der Waals surface area contributed by atoms with E-state index in [9.17, 15) is 9.59 Å². The Morgan fingerprint density at radius 1 is 1.06 bits per heavy atom. The van der Waals surface area contributed by atoms with Crippen molar-refractivity contribution in [3.05, 3.63) is 91.0 Å². The first-order valence-electron chi connectivity index (χ1n) is 9.94. The molecule has 0 bridgehead atoms. The van der Waals surface area contributed by atoms with Gasteiger partial charge in [0, 0.05) is 12.4 Å². The van der Waals surface area contributed by atoms with Gasteiger partial charge in [-0.2, -0.15) is 0 Å². The summed E-state index contributed by atoms with van der Waals surface area (Å²) in [5.41, 5.74) is 2.35. The second-order valence-corrected chi connectivity index (χ2v) is 9.86. The number of carbonyl (C=O) groups is 2. The van der Waals surface area contributed by atoms with Gasteiger partial charge >= 0.3 is 0 Å². The lowest BCUT2D eigenvalue weighted by Gasteiger charge is -2.14. The molecule has 6 nitrogen and oxygen atoms in total. The normalized spacial score (nSPS) is 14.7. The van der Waals surface area contributed by atoms with Crippen molar-refractivity contribution in [1.29, 1.82) is 0 Å². The van der Waals surface area contributed by atoms with Crippen LogP contribution in [0, 0.1) is 0 Å². The Morgan fingerprint density at radius 3 is 2.53 bits per heavy atom. The van der Waals surface area contributed by atoms with E-state index in [2.05, 4.69) is 20.9 Å². The van der Waals surface area contributed by atoms with Gasteiger partial charge in [-0.3, -0.25) is 19.5 Å². The third-order valence-electron chi connectivity index (χ3n) is 4.88. The molecule has 1 saturated heterocycles. The van der Waals surface area contributed by atoms with E-state index in [0.29, 0.717) is 48.7 Å². The Kier molecular flexibility index (Phi) is 7.83. The van der Waals surface area contributed by atoms with Crippen LogP contribution in [-0.2, 0) is 17.9 Å². The lowest BCUT2D eigenvalue weighted by Crippen LogP contribution is -2.27. The van der Waals surface area contributed by atoms with Crippen LogP contribution >= 0.6 is 50.9 Å². The van der Waals surface area contributed by atoms with Crippen LogP contribution in [0.5, 0.6) is 11.5 Å². The highest BCUT2D eigenvalue weighted by Crippen LogP contribution is 2.40. The Labute approximate surface area is 219 Å². The van der Waals surface area contributed by atoms with Crippen molar-refractivity contribution in [3.8, 4) is 11.5 Å². The molecule has 0 N–H and O–H groups in total. The second-order valence-electron chi connectivity index (χ2n) is 7.19. The van der Waals surface area contributed by atoms with Gasteiger partial charge in [-0.1, -0.05) is 29.3 Å². The molecule has 4 rings (SSSR count). The van der Waals surface area contributed by atoms with Crippen molar-refractivity contribution in [2.75, 3.05) is 7.11 Å². The van der Waals surface area contributed by atoms with Crippen molar-refractivity contribution in [3.63, 3.8) is 0 Å². The van der Waals surface area contributed by atoms with Crippen molar-refractivity contribution in [1.82, 2.24) is 9.88 Å². The number of hydrogen-bond acceptors (Lipinski definition) is 6. The molecule has 0 aliphatic carbocycles. The van der Waals surface area contributed by atoms with E-state index in [4.69, 9.17) is 32.7 Å². The molecule has 2 aromatic carbocycles. The summed E-state index contributed by atoms with van der Waals surface area (Å²) in [4.78, 5) is 30.9. The topological polar surface area (TPSA) is 68.7 Å². The Hall–Kier alpha value is -2.52. The summed E-state index contributed by atoms with van der Waals surface area (Å²) in [6.45, 7) is 0.443. The zero-order chi connectivity index (χ0) is 24.2. The Bertz CT molecular complexity index is 1290. The third kappa shape index (κ3) is 5.58. The number of thioether (sulfide) groups is 1. The van der Waals surface area contributed by atoms with Crippen LogP contribution in [0.2, 0.25) is 10.0 Å². The van der Waals surface area contributed by atoms with E-state index in [1.54, 1.807) is 48.8 Å². The first kappa shape index (κ1) is 24.6. The van der Waals surface area contributed by atoms with Crippen LogP contribution < -0.4 is 9.47 Å². The van der Waals surface area contributed by atoms with Gasteiger partial charge in [-0.15, -0.1) is 0 Å². The van der Waals surface area contributed by atoms with Gasteiger partial charge in [-0.05, 0) is 86.9 Å². The van der Waals surface area contributed by atoms with Crippen molar-refractivity contribution < 1.29 is 19.1 Å². The molecule has 174 valence electrons. The van der Waals surface area contributed by atoms with Gasteiger partial charge < -0.3 is 9.47 Å². The average molecular weight is 580 g/mol. The fourth-order valence-electron chi connectivity index (χ4n) is 3.21. The number of rotatable bonds is 7. The highest BCUT2D eigenvalue weighted by molar-refractivity contribution is 9.10. The molecule has 1 aliphatic heterocycles. The van der Waals surface area contributed by atoms with Crippen molar-refractivity contribution in [2.24, 2.45) is 0 Å². The SMILES string of the molecule is COc1cc(/C=C2\SC(=O)N(Cc3ccc(Cl)c(Cl)c3)C2=O)cc(Br)c1OCc1ccncc1. The largest absolute Gasteiger partial charge is 0.493 e.